The molecule has 2 atom stereocenters. The molecule has 0 aromatic rings. The Morgan fingerprint density at radius 3 is 2.24 bits per heavy atom. The van der Waals surface area contributed by atoms with Gasteiger partial charge in [0.25, 0.3) is 0 Å². The third kappa shape index (κ3) is 8.58. The topological polar surface area (TPSA) is 58.6 Å². The fourth-order valence-corrected chi connectivity index (χ4v) is 2.18. The van der Waals surface area contributed by atoms with Crippen LogP contribution in [0.1, 0.15) is 53.9 Å². The SMILES string of the molecule is CCC(CC[C@@H](C)CN(C)C(=O)OC(C)(C)C)C(=O)NC. The molecule has 0 heterocycles. The van der Waals surface area contributed by atoms with Crippen LogP contribution in [-0.2, 0) is 9.53 Å². The molecule has 0 radical (unpaired) electrons. The standard InChI is InChI=1S/C16H32N2O3/c1-8-13(14(19)17-6)10-9-12(2)11-18(7)15(20)21-16(3,4)5/h12-13H,8-11H2,1-7H3,(H,17,19)/t12-,13?/m1/s1. The molecule has 1 unspecified atom stereocenters. The van der Waals surface area contributed by atoms with Gasteiger partial charge in [-0.05, 0) is 46.0 Å². The van der Waals surface area contributed by atoms with E-state index in [9.17, 15) is 9.59 Å². The van der Waals surface area contributed by atoms with Gasteiger partial charge in [0.2, 0.25) is 5.91 Å². The molecule has 21 heavy (non-hydrogen) atoms. The van der Waals surface area contributed by atoms with E-state index in [2.05, 4.69) is 12.2 Å². The lowest BCUT2D eigenvalue weighted by Crippen LogP contribution is -2.36. The van der Waals surface area contributed by atoms with Crippen molar-refractivity contribution in [2.75, 3.05) is 20.6 Å². The second kappa shape index (κ2) is 8.90. The number of nitrogens with one attached hydrogen (secondary N) is 1. The van der Waals surface area contributed by atoms with E-state index in [1.807, 2.05) is 27.7 Å². The Balaban J connectivity index is 4.21. The fraction of sp³-hybridized carbons (Fsp3) is 0.875. The minimum atomic E-state index is -0.471. The van der Waals surface area contributed by atoms with Crippen molar-refractivity contribution in [1.29, 1.82) is 0 Å². The number of carbonyl (C=O) groups is 2. The number of amides is 2. The summed E-state index contributed by atoms with van der Waals surface area (Å²) in [7, 11) is 3.42. The van der Waals surface area contributed by atoms with Crippen LogP contribution in [-0.4, -0.2) is 43.1 Å². The maximum Gasteiger partial charge on any atom is 0.410 e. The van der Waals surface area contributed by atoms with Crippen molar-refractivity contribution in [1.82, 2.24) is 10.2 Å². The first kappa shape index (κ1) is 19.7. The van der Waals surface area contributed by atoms with E-state index < -0.39 is 5.60 Å². The maximum absolute atomic E-state index is 11.9. The van der Waals surface area contributed by atoms with Crippen LogP contribution in [0.25, 0.3) is 0 Å². The van der Waals surface area contributed by atoms with E-state index in [0.29, 0.717) is 12.5 Å². The molecule has 0 bridgehead atoms. The van der Waals surface area contributed by atoms with Crippen molar-refractivity contribution in [2.45, 2.75) is 59.5 Å². The monoisotopic (exact) mass is 300 g/mol. The summed E-state index contributed by atoms with van der Waals surface area (Å²) in [6.07, 6.45) is 2.31. The van der Waals surface area contributed by atoms with Gasteiger partial charge in [0.05, 0.1) is 0 Å². The Morgan fingerprint density at radius 2 is 1.81 bits per heavy atom. The summed E-state index contributed by atoms with van der Waals surface area (Å²) in [5, 5.41) is 2.70. The van der Waals surface area contributed by atoms with Gasteiger partial charge in [0.1, 0.15) is 5.60 Å². The zero-order valence-electron chi connectivity index (χ0n) is 14.7. The zero-order chi connectivity index (χ0) is 16.6. The van der Waals surface area contributed by atoms with E-state index in [0.717, 1.165) is 19.3 Å². The minimum absolute atomic E-state index is 0.0595. The molecule has 0 aliphatic rings. The van der Waals surface area contributed by atoms with Crippen LogP contribution < -0.4 is 5.32 Å². The maximum atomic E-state index is 11.9. The average molecular weight is 300 g/mol. The molecule has 1 N–H and O–H groups in total. The lowest BCUT2D eigenvalue weighted by Gasteiger charge is -2.26. The number of carbonyl (C=O) groups excluding carboxylic acids is 2. The van der Waals surface area contributed by atoms with Crippen molar-refractivity contribution in [3.63, 3.8) is 0 Å². The smallest absolute Gasteiger partial charge is 0.410 e. The Labute approximate surface area is 129 Å². The number of hydrogen-bond donors (Lipinski definition) is 1. The summed E-state index contributed by atoms with van der Waals surface area (Å²) < 4.78 is 5.33. The number of nitrogens with zero attached hydrogens (tertiary/aromatic N) is 1. The minimum Gasteiger partial charge on any atom is -0.444 e. The van der Waals surface area contributed by atoms with Crippen LogP contribution in [0.2, 0.25) is 0 Å². The molecular weight excluding hydrogens is 268 g/mol. The van der Waals surface area contributed by atoms with Crippen molar-refractivity contribution in [2.24, 2.45) is 11.8 Å². The molecule has 0 aliphatic heterocycles. The Morgan fingerprint density at radius 1 is 1.24 bits per heavy atom. The van der Waals surface area contributed by atoms with Crippen molar-refractivity contribution in [3.05, 3.63) is 0 Å². The predicted molar refractivity (Wildman–Crippen MR) is 85.1 cm³/mol. The van der Waals surface area contributed by atoms with Crippen molar-refractivity contribution in [3.8, 4) is 0 Å². The first-order chi connectivity index (χ1) is 9.60. The van der Waals surface area contributed by atoms with Gasteiger partial charge >= 0.3 is 6.09 Å². The summed E-state index contributed by atoms with van der Waals surface area (Å²) in [5.41, 5.74) is -0.471. The summed E-state index contributed by atoms with van der Waals surface area (Å²) in [6, 6.07) is 0. The summed E-state index contributed by atoms with van der Waals surface area (Å²) >= 11 is 0. The number of hydrogen-bond acceptors (Lipinski definition) is 3. The third-order valence-electron chi connectivity index (χ3n) is 3.41. The first-order valence-electron chi connectivity index (χ1n) is 7.76. The Kier molecular flexibility index (Phi) is 8.37. The molecule has 0 aromatic heterocycles. The lowest BCUT2D eigenvalue weighted by atomic mass is 9.94. The van der Waals surface area contributed by atoms with Crippen LogP contribution in [0.15, 0.2) is 0 Å². The van der Waals surface area contributed by atoms with Gasteiger partial charge in [-0.15, -0.1) is 0 Å². The first-order valence-corrected chi connectivity index (χ1v) is 7.76. The van der Waals surface area contributed by atoms with E-state index >= 15 is 0 Å². The zero-order valence-corrected chi connectivity index (χ0v) is 14.7. The summed E-state index contributed by atoms with van der Waals surface area (Å²) in [4.78, 5) is 25.1. The molecule has 124 valence electrons. The normalized spacial score (nSPS) is 14.2. The van der Waals surface area contributed by atoms with Crippen molar-refractivity contribution >= 4 is 12.0 Å². The van der Waals surface area contributed by atoms with Gasteiger partial charge in [-0.25, -0.2) is 4.79 Å². The highest BCUT2D eigenvalue weighted by Gasteiger charge is 2.21. The van der Waals surface area contributed by atoms with Gasteiger partial charge < -0.3 is 15.0 Å². The molecule has 0 aliphatic carbocycles. The van der Waals surface area contributed by atoms with E-state index in [-0.39, 0.29) is 17.9 Å². The van der Waals surface area contributed by atoms with Crippen LogP contribution in [0.4, 0.5) is 4.79 Å². The lowest BCUT2D eigenvalue weighted by molar-refractivity contribution is -0.124. The Hall–Kier alpha value is -1.26. The molecule has 5 heteroatoms. The molecule has 0 aromatic carbocycles. The molecule has 0 spiro atoms. The second-order valence-corrected chi connectivity index (χ2v) is 6.76. The molecule has 0 saturated carbocycles. The van der Waals surface area contributed by atoms with Crippen LogP contribution >= 0.6 is 0 Å². The highest BCUT2D eigenvalue weighted by atomic mass is 16.6. The average Bonchev–Trinajstić information content (AvgIpc) is 2.36. The molecule has 0 saturated heterocycles. The Bertz CT molecular complexity index is 337. The predicted octanol–water partition coefficient (Wildman–Crippen LogP) is 3.04. The van der Waals surface area contributed by atoms with Crippen LogP contribution in [0, 0.1) is 11.8 Å². The highest BCUT2D eigenvalue weighted by molar-refractivity contribution is 5.78. The summed E-state index contributed by atoms with van der Waals surface area (Å²) in [6.45, 7) is 10.3. The van der Waals surface area contributed by atoms with Crippen molar-refractivity contribution < 1.29 is 14.3 Å². The van der Waals surface area contributed by atoms with Gasteiger partial charge in [0, 0.05) is 26.6 Å². The second-order valence-electron chi connectivity index (χ2n) is 6.76. The number of rotatable bonds is 7. The highest BCUT2D eigenvalue weighted by Crippen LogP contribution is 2.17. The number of ether oxygens (including phenoxy) is 1. The van der Waals surface area contributed by atoms with E-state index in [4.69, 9.17) is 4.74 Å². The molecule has 5 nitrogen and oxygen atoms in total. The molecule has 2 amide bonds. The van der Waals surface area contributed by atoms with Gasteiger partial charge in [-0.1, -0.05) is 13.8 Å². The quantitative estimate of drug-likeness (QED) is 0.786. The fourth-order valence-electron chi connectivity index (χ4n) is 2.18. The van der Waals surface area contributed by atoms with E-state index in [1.165, 1.54) is 0 Å². The van der Waals surface area contributed by atoms with Crippen LogP contribution in [0.5, 0.6) is 0 Å². The largest absolute Gasteiger partial charge is 0.444 e. The van der Waals surface area contributed by atoms with Gasteiger partial charge in [-0.2, -0.15) is 0 Å². The van der Waals surface area contributed by atoms with Crippen LogP contribution in [0.3, 0.4) is 0 Å². The van der Waals surface area contributed by atoms with Gasteiger partial charge in [0.15, 0.2) is 0 Å². The molecular formula is C16H32N2O3. The summed E-state index contributed by atoms with van der Waals surface area (Å²) in [5.74, 6) is 0.496. The van der Waals surface area contributed by atoms with E-state index in [1.54, 1.807) is 19.0 Å². The third-order valence-corrected chi connectivity index (χ3v) is 3.41. The molecule has 0 fully saturated rings. The van der Waals surface area contributed by atoms with Gasteiger partial charge in [-0.3, -0.25) is 4.79 Å². The molecule has 0 rings (SSSR count).